The van der Waals surface area contributed by atoms with Crippen molar-refractivity contribution in [3.05, 3.63) is 17.0 Å². The average Bonchev–Trinajstić information content (AvgIpc) is 2.50. The van der Waals surface area contributed by atoms with Crippen LogP contribution in [0.25, 0.3) is 0 Å². The molecule has 1 N–H and O–H groups in total. The summed E-state index contributed by atoms with van der Waals surface area (Å²) >= 11 is 6.21. The highest BCUT2D eigenvalue weighted by Crippen LogP contribution is 2.27. The van der Waals surface area contributed by atoms with E-state index in [-0.39, 0.29) is 11.9 Å². The smallest absolute Gasteiger partial charge is 0.245 e. The number of nitrogens with one attached hydrogen (secondary N) is 1. The van der Waals surface area contributed by atoms with Gasteiger partial charge in [0.05, 0.1) is 13.2 Å². The molecule has 0 radical (unpaired) electrons. The average molecular weight is 313 g/mol. The Morgan fingerprint density at radius 1 is 1.52 bits per heavy atom. The van der Waals surface area contributed by atoms with Crippen LogP contribution in [0.5, 0.6) is 0 Å². The summed E-state index contributed by atoms with van der Waals surface area (Å²) < 4.78 is 5.45. The maximum Gasteiger partial charge on any atom is 0.245 e. The van der Waals surface area contributed by atoms with Gasteiger partial charge in [-0.1, -0.05) is 24.9 Å². The van der Waals surface area contributed by atoms with Crippen molar-refractivity contribution in [3.8, 4) is 0 Å². The Morgan fingerprint density at radius 3 is 3.05 bits per heavy atom. The molecule has 0 aliphatic carbocycles. The number of hydrogen-bond acceptors (Lipinski definition) is 5. The molecule has 0 aromatic carbocycles. The van der Waals surface area contributed by atoms with E-state index in [0.717, 1.165) is 24.2 Å². The van der Waals surface area contributed by atoms with Gasteiger partial charge in [0, 0.05) is 18.7 Å². The summed E-state index contributed by atoms with van der Waals surface area (Å²) in [5, 5.41) is 3.31. The zero-order chi connectivity index (χ0) is 15.2. The number of morpholine rings is 1. The van der Waals surface area contributed by atoms with Crippen molar-refractivity contribution in [2.24, 2.45) is 0 Å². The number of ether oxygens (including phenoxy) is 1. The molecule has 2 heterocycles. The first-order valence-corrected chi connectivity index (χ1v) is 7.68. The molecule has 116 valence electrons. The molecule has 0 saturated carbocycles. The van der Waals surface area contributed by atoms with Gasteiger partial charge in [-0.05, 0) is 13.3 Å². The molecular weight excluding hydrogens is 292 g/mol. The highest BCUT2D eigenvalue weighted by molar-refractivity contribution is 6.30. The fourth-order valence-electron chi connectivity index (χ4n) is 2.46. The second kappa shape index (κ2) is 7.56. The van der Waals surface area contributed by atoms with Crippen LogP contribution in [0.1, 0.15) is 25.8 Å². The molecule has 0 bridgehead atoms. The predicted molar refractivity (Wildman–Crippen MR) is 81.7 cm³/mol. The summed E-state index contributed by atoms with van der Waals surface area (Å²) in [5.41, 5.74) is 0.901. The van der Waals surface area contributed by atoms with Crippen molar-refractivity contribution in [2.75, 3.05) is 31.2 Å². The third-order valence-electron chi connectivity index (χ3n) is 3.42. The molecule has 1 atom stereocenters. The van der Waals surface area contributed by atoms with Crippen LogP contribution >= 0.6 is 11.6 Å². The maximum atomic E-state index is 12.2. The Bertz CT molecular complexity index is 498. The van der Waals surface area contributed by atoms with E-state index < -0.39 is 0 Å². The fraction of sp³-hybridized carbons (Fsp3) is 0.643. The second-order valence-corrected chi connectivity index (χ2v) is 5.25. The number of nitrogens with zero attached hydrogens (tertiary/aromatic N) is 3. The summed E-state index contributed by atoms with van der Waals surface area (Å²) in [6, 6.07) is -0.375. The van der Waals surface area contributed by atoms with E-state index in [2.05, 4.69) is 22.2 Å². The third kappa shape index (κ3) is 3.63. The molecule has 2 rings (SSSR count). The number of aromatic nitrogens is 2. The molecule has 1 unspecified atom stereocenters. The van der Waals surface area contributed by atoms with Crippen LogP contribution in [0.4, 0.5) is 5.82 Å². The van der Waals surface area contributed by atoms with E-state index in [0.29, 0.717) is 31.5 Å². The number of carbonyl (C=O) groups is 1. The summed E-state index contributed by atoms with van der Waals surface area (Å²) in [4.78, 5) is 22.6. The van der Waals surface area contributed by atoms with Crippen molar-refractivity contribution in [3.63, 3.8) is 0 Å². The molecule has 6 nitrogen and oxygen atoms in total. The van der Waals surface area contributed by atoms with Crippen LogP contribution in [0, 0.1) is 0 Å². The van der Waals surface area contributed by atoms with E-state index in [1.165, 1.54) is 6.33 Å². The Kier molecular flexibility index (Phi) is 5.76. The van der Waals surface area contributed by atoms with Crippen molar-refractivity contribution in [2.45, 2.75) is 32.7 Å². The highest BCUT2D eigenvalue weighted by atomic mass is 35.5. The zero-order valence-corrected chi connectivity index (χ0v) is 13.2. The zero-order valence-electron chi connectivity index (χ0n) is 12.4. The van der Waals surface area contributed by atoms with Crippen molar-refractivity contribution in [1.82, 2.24) is 15.3 Å². The maximum absolute atomic E-state index is 12.2. The van der Waals surface area contributed by atoms with Crippen molar-refractivity contribution >= 4 is 23.3 Å². The van der Waals surface area contributed by atoms with Gasteiger partial charge in [-0.3, -0.25) is 4.79 Å². The van der Waals surface area contributed by atoms with Gasteiger partial charge in [0.25, 0.3) is 0 Å². The van der Waals surface area contributed by atoms with E-state index in [9.17, 15) is 4.79 Å². The lowest BCUT2D eigenvalue weighted by atomic mass is 10.1. The van der Waals surface area contributed by atoms with Gasteiger partial charge in [0.1, 0.15) is 23.3 Å². The van der Waals surface area contributed by atoms with E-state index in [1.807, 2.05) is 11.8 Å². The van der Waals surface area contributed by atoms with Gasteiger partial charge in [-0.25, -0.2) is 9.97 Å². The van der Waals surface area contributed by atoms with Crippen molar-refractivity contribution in [1.29, 1.82) is 0 Å². The number of amides is 1. The molecule has 1 aliphatic rings. The molecule has 7 heteroatoms. The largest absolute Gasteiger partial charge is 0.377 e. The lowest BCUT2D eigenvalue weighted by Crippen LogP contribution is -2.54. The second-order valence-electron chi connectivity index (χ2n) is 4.90. The number of halogens is 1. The van der Waals surface area contributed by atoms with Crippen LogP contribution < -0.4 is 10.2 Å². The minimum Gasteiger partial charge on any atom is -0.377 e. The Hall–Kier alpha value is -1.40. The molecular formula is C14H21ClN4O2. The van der Waals surface area contributed by atoms with Gasteiger partial charge >= 0.3 is 0 Å². The highest BCUT2D eigenvalue weighted by Gasteiger charge is 2.31. The molecule has 0 spiro atoms. The molecule has 1 aliphatic heterocycles. The quantitative estimate of drug-likeness (QED) is 0.833. The summed E-state index contributed by atoms with van der Waals surface area (Å²) in [6.07, 6.45) is 3.17. The topological polar surface area (TPSA) is 67.3 Å². The predicted octanol–water partition coefficient (Wildman–Crippen LogP) is 1.42. The standard InChI is InChI=1S/C14H21ClN4O2/c1-3-5-10-12(15)17-9-18-13(10)19-6-7-21-8-11(19)14(20)16-4-2/h9,11H,3-8H2,1-2H3,(H,16,20). The molecule has 1 saturated heterocycles. The van der Waals surface area contributed by atoms with E-state index >= 15 is 0 Å². The minimum absolute atomic E-state index is 0.0469. The van der Waals surface area contributed by atoms with Gasteiger partial charge < -0.3 is 15.0 Å². The Balaban J connectivity index is 2.33. The third-order valence-corrected chi connectivity index (χ3v) is 3.75. The van der Waals surface area contributed by atoms with Gasteiger partial charge in [0.2, 0.25) is 5.91 Å². The molecule has 1 aromatic heterocycles. The minimum atomic E-state index is -0.375. The van der Waals surface area contributed by atoms with Crippen molar-refractivity contribution < 1.29 is 9.53 Å². The number of carbonyl (C=O) groups excluding carboxylic acids is 1. The van der Waals surface area contributed by atoms with Crippen LogP contribution in [0.2, 0.25) is 5.15 Å². The van der Waals surface area contributed by atoms with Crippen LogP contribution in [-0.2, 0) is 16.0 Å². The van der Waals surface area contributed by atoms with Gasteiger partial charge in [-0.15, -0.1) is 0 Å². The summed E-state index contributed by atoms with van der Waals surface area (Å²) in [5.74, 6) is 0.700. The molecule has 1 amide bonds. The van der Waals surface area contributed by atoms with Gasteiger partial charge in [0.15, 0.2) is 0 Å². The number of likely N-dealkylation sites (N-methyl/N-ethyl adjacent to an activating group) is 1. The first kappa shape index (κ1) is 16.0. The van der Waals surface area contributed by atoms with E-state index in [4.69, 9.17) is 16.3 Å². The number of anilines is 1. The lowest BCUT2D eigenvalue weighted by molar-refractivity contribution is -0.124. The molecule has 1 aromatic rings. The summed E-state index contributed by atoms with van der Waals surface area (Å²) in [7, 11) is 0. The first-order chi connectivity index (χ1) is 10.2. The van der Waals surface area contributed by atoms with E-state index in [1.54, 1.807) is 0 Å². The van der Waals surface area contributed by atoms with Gasteiger partial charge in [-0.2, -0.15) is 0 Å². The fourth-order valence-corrected chi connectivity index (χ4v) is 2.68. The van der Waals surface area contributed by atoms with Crippen LogP contribution in [-0.4, -0.2) is 48.2 Å². The Morgan fingerprint density at radius 2 is 2.33 bits per heavy atom. The normalized spacial score (nSPS) is 18.6. The lowest BCUT2D eigenvalue weighted by Gasteiger charge is -2.36. The number of rotatable bonds is 5. The first-order valence-electron chi connectivity index (χ1n) is 7.30. The number of hydrogen-bond donors (Lipinski definition) is 1. The summed E-state index contributed by atoms with van der Waals surface area (Å²) in [6.45, 7) is 6.12. The molecule has 1 fully saturated rings. The van der Waals surface area contributed by atoms with Crippen LogP contribution in [0.3, 0.4) is 0 Å². The molecule has 21 heavy (non-hydrogen) atoms. The monoisotopic (exact) mass is 312 g/mol. The Labute approximate surface area is 129 Å². The van der Waals surface area contributed by atoms with Crippen LogP contribution in [0.15, 0.2) is 6.33 Å². The SMILES string of the molecule is CCCc1c(Cl)ncnc1N1CCOCC1C(=O)NCC.